The minimum Gasteiger partial charge on any atom is -0.481 e. The monoisotopic (exact) mass is 524 g/mol. The Bertz CT molecular complexity index is 1150. The molecule has 0 spiro atoms. The number of piperidine rings is 1. The number of halogens is 3. The van der Waals surface area contributed by atoms with Gasteiger partial charge in [0, 0.05) is 33.1 Å². The van der Waals surface area contributed by atoms with Crippen LogP contribution in [0, 0.1) is 5.92 Å². The largest absolute Gasteiger partial charge is 0.481 e. The summed E-state index contributed by atoms with van der Waals surface area (Å²) in [6.45, 7) is 1.40. The summed E-state index contributed by atoms with van der Waals surface area (Å²) < 4.78 is 48.9. The highest BCUT2D eigenvalue weighted by Gasteiger charge is 2.41. The van der Waals surface area contributed by atoms with Gasteiger partial charge in [0.25, 0.3) is 5.92 Å². The molecule has 1 amide bonds. The lowest BCUT2D eigenvalue weighted by atomic mass is 9.90. The average Bonchev–Trinajstić information content (AvgIpc) is 3.18. The highest BCUT2D eigenvalue weighted by atomic mass is 19.3. The summed E-state index contributed by atoms with van der Waals surface area (Å²) in [5.74, 6) is -4.80. The molecule has 13 heteroatoms. The second-order valence-corrected chi connectivity index (χ2v) is 9.82. The highest BCUT2D eigenvalue weighted by molar-refractivity contribution is 5.69. The van der Waals surface area contributed by atoms with Crippen molar-refractivity contribution in [2.75, 3.05) is 25.0 Å². The van der Waals surface area contributed by atoms with Crippen molar-refractivity contribution in [3.63, 3.8) is 0 Å². The fraction of sp³-hybridized carbons (Fsp3) is 0.625. The van der Waals surface area contributed by atoms with Crippen molar-refractivity contribution in [3.8, 4) is 11.4 Å². The van der Waals surface area contributed by atoms with Crippen LogP contribution >= 0.6 is 0 Å². The number of hydrogen-bond donors (Lipinski definition) is 1. The zero-order valence-electron chi connectivity index (χ0n) is 21.0. The first-order valence-electron chi connectivity index (χ1n) is 12.2. The number of carboxylic acids is 1. The first-order valence-corrected chi connectivity index (χ1v) is 12.2. The van der Waals surface area contributed by atoms with E-state index in [1.165, 1.54) is 14.5 Å². The van der Waals surface area contributed by atoms with Gasteiger partial charge in [0.05, 0.1) is 30.0 Å². The maximum atomic E-state index is 14.4. The Labute approximate surface area is 212 Å². The van der Waals surface area contributed by atoms with Gasteiger partial charge in [-0.05, 0) is 37.3 Å². The summed E-state index contributed by atoms with van der Waals surface area (Å²) in [4.78, 5) is 31.1. The van der Waals surface area contributed by atoms with Gasteiger partial charge in [-0.25, -0.2) is 27.6 Å². The van der Waals surface area contributed by atoms with Crippen LogP contribution in [-0.2, 0) is 29.6 Å². The molecule has 2 aromatic rings. The van der Waals surface area contributed by atoms with Gasteiger partial charge < -0.3 is 19.6 Å². The van der Waals surface area contributed by atoms with E-state index in [1.54, 1.807) is 26.2 Å². The molecule has 1 N–H and O–H groups in total. The predicted octanol–water partition coefficient (Wildman–Crippen LogP) is 3.44. The fourth-order valence-electron chi connectivity index (χ4n) is 4.90. The zero-order valence-corrected chi connectivity index (χ0v) is 21.0. The summed E-state index contributed by atoms with van der Waals surface area (Å²) >= 11 is 0. The molecular formula is C24H31F3N6O4. The number of amides is 1. The van der Waals surface area contributed by atoms with Crippen LogP contribution in [0.25, 0.3) is 11.4 Å². The van der Waals surface area contributed by atoms with E-state index in [2.05, 4.69) is 15.3 Å². The van der Waals surface area contributed by atoms with Gasteiger partial charge in [-0.2, -0.15) is 0 Å². The maximum absolute atomic E-state index is 14.4. The Kier molecular flexibility index (Phi) is 7.60. The lowest BCUT2D eigenvalue weighted by Crippen LogP contribution is -2.48. The molecule has 1 atom stereocenters. The van der Waals surface area contributed by atoms with Crippen LogP contribution in [0.5, 0.6) is 0 Å². The number of alkyl halides is 3. The molecule has 1 aliphatic heterocycles. The van der Waals surface area contributed by atoms with E-state index in [9.17, 15) is 22.8 Å². The molecule has 3 heterocycles. The predicted molar refractivity (Wildman–Crippen MR) is 127 cm³/mol. The molecule has 1 aliphatic carbocycles. The van der Waals surface area contributed by atoms with Gasteiger partial charge >= 0.3 is 12.1 Å². The maximum Gasteiger partial charge on any atom is 0.410 e. The molecule has 0 aromatic carbocycles. The Morgan fingerprint density at radius 1 is 1.30 bits per heavy atom. The summed E-state index contributed by atoms with van der Waals surface area (Å²) in [6, 6.07) is 3.14. The molecule has 37 heavy (non-hydrogen) atoms. The van der Waals surface area contributed by atoms with E-state index in [0.29, 0.717) is 47.7 Å². The van der Waals surface area contributed by atoms with E-state index < -0.39 is 43.0 Å². The Hall–Kier alpha value is -3.38. The summed E-state index contributed by atoms with van der Waals surface area (Å²) in [5.41, 5.74) is 2.40. The number of aryl methyl sites for hydroxylation is 2. The number of rotatable bonds is 8. The molecule has 2 aliphatic rings. The number of carboxylic acid groups (broad SMARTS) is 1. The smallest absolute Gasteiger partial charge is 0.410 e. The number of carbonyl (C=O) groups is 2. The van der Waals surface area contributed by atoms with E-state index in [1.807, 2.05) is 6.92 Å². The first kappa shape index (κ1) is 26.7. The number of hydrogen-bond acceptors (Lipinski definition) is 7. The third-order valence-corrected chi connectivity index (χ3v) is 6.99. The molecule has 10 nitrogen and oxygen atoms in total. The van der Waals surface area contributed by atoms with Crippen molar-refractivity contribution in [1.29, 1.82) is 0 Å². The normalized spacial score (nSPS) is 22.9. The number of anilines is 1. The van der Waals surface area contributed by atoms with E-state index >= 15 is 0 Å². The number of aromatic nitrogens is 4. The summed E-state index contributed by atoms with van der Waals surface area (Å²) in [5, 5.41) is 17.3. The van der Waals surface area contributed by atoms with Crippen LogP contribution in [-0.4, -0.2) is 80.3 Å². The average molecular weight is 525 g/mol. The second kappa shape index (κ2) is 10.5. The van der Waals surface area contributed by atoms with Crippen LogP contribution in [0.3, 0.4) is 0 Å². The molecule has 4 rings (SSSR count). The van der Waals surface area contributed by atoms with Crippen LogP contribution in [0.15, 0.2) is 12.1 Å². The van der Waals surface area contributed by atoms with Crippen molar-refractivity contribution < 1.29 is 32.6 Å². The number of nitrogens with zero attached hydrogens (tertiary/aromatic N) is 6. The number of aliphatic carboxylic acids is 1. The van der Waals surface area contributed by atoms with Crippen molar-refractivity contribution in [2.45, 2.75) is 63.8 Å². The van der Waals surface area contributed by atoms with E-state index in [-0.39, 0.29) is 25.6 Å². The summed E-state index contributed by atoms with van der Waals surface area (Å²) in [7, 11) is 3.22. The van der Waals surface area contributed by atoms with Crippen molar-refractivity contribution in [1.82, 2.24) is 24.9 Å². The van der Waals surface area contributed by atoms with Crippen LogP contribution < -0.4 is 4.90 Å². The molecule has 2 aromatic heterocycles. The Morgan fingerprint density at radius 2 is 2.03 bits per heavy atom. The van der Waals surface area contributed by atoms with Gasteiger partial charge in [0.2, 0.25) is 0 Å². The molecule has 0 unspecified atom stereocenters. The molecule has 202 valence electrons. The van der Waals surface area contributed by atoms with Crippen molar-refractivity contribution >= 4 is 17.7 Å². The molecular weight excluding hydrogens is 493 g/mol. The lowest BCUT2D eigenvalue weighted by Gasteiger charge is -2.39. The van der Waals surface area contributed by atoms with Crippen LogP contribution in [0.4, 0.5) is 23.7 Å². The summed E-state index contributed by atoms with van der Waals surface area (Å²) in [6.07, 6.45) is -1.24. The molecule has 0 radical (unpaired) electrons. The van der Waals surface area contributed by atoms with Crippen LogP contribution in [0.2, 0.25) is 0 Å². The third-order valence-electron chi connectivity index (χ3n) is 6.99. The SMILES string of the molecule is CCc1nc(-c2nnn(C)c2COC(=O)N(C)C2CC(F)C2)ccc1N1C[C@@H](CC(=O)O)CC(F)(F)C1. The molecule has 2 fully saturated rings. The van der Waals surface area contributed by atoms with Crippen molar-refractivity contribution in [3.05, 3.63) is 23.5 Å². The van der Waals surface area contributed by atoms with Gasteiger partial charge in [-0.3, -0.25) is 4.79 Å². The van der Waals surface area contributed by atoms with Gasteiger partial charge in [-0.15, -0.1) is 5.10 Å². The zero-order chi connectivity index (χ0) is 26.9. The highest BCUT2D eigenvalue weighted by Crippen LogP contribution is 2.36. The third kappa shape index (κ3) is 5.96. The first-order chi connectivity index (χ1) is 17.5. The number of carbonyl (C=O) groups excluding carboxylic acids is 1. The van der Waals surface area contributed by atoms with Crippen LogP contribution in [0.1, 0.15) is 44.0 Å². The fourth-order valence-corrected chi connectivity index (χ4v) is 4.90. The Morgan fingerprint density at radius 3 is 2.68 bits per heavy atom. The Balaban J connectivity index is 1.52. The van der Waals surface area contributed by atoms with E-state index in [0.717, 1.165) is 0 Å². The van der Waals surface area contributed by atoms with Gasteiger partial charge in [0.15, 0.2) is 0 Å². The lowest BCUT2D eigenvalue weighted by molar-refractivity contribution is -0.139. The minimum atomic E-state index is -3.01. The van der Waals surface area contributed by atoms with Gasteiger partial charge in [-0.1, -0.05) is 12.1 Å². The standard InChI is InChI=1S/C24H31F3N6O4/c1-4-17-19(33-11-14(7-21(34)35)10-24(26,27)13-33)6-5-18(28-17)22-20(32(3)30-29-22)12-37-23(36)31(2)16-8-15(25)9-16/h5-6,14-16H,4,7-13H2,1-3H3,(H,34,35)/t14-,15?,16?/m0/s1. The van der Waals surface area contributed by atoms with Gasteiger partial charge in [0.1, 0.15) is 24.2 Å². The van der Waals surface area contributed by atoms with Crippen molar-refractivity contribution in [2.24, 2.45) is 13.0 Å². The van der Waals surface area contributed by atoms with E-state index in [4.69, 9.17) is 9.84 Å². The topological polar surface area (TPSA) is 114 Å². The minimum absolute atomic E-state index is 0.131. The molecule has 1 saturated carbocycles. The molecule has 0 bridgehead atoms. The number of ether oxygens (including phenoxy) is 1. The quantitative estimate of drug-likeness (QED) is 0.559. The second-order valence-electron chi connectivity index (χ2n) is 9.82. The number of pyridine rings is 1. The molecule has 1 saturated heterocycles.